The third kappa shape index (κ3) is 4.78. The highest BCUT2D eigenvalue weighted by atomic mass is 16.5. The number of nitrogens with zero attached hydrogens (tertiary/aromatic N) is 1. The van der Waals surface area contributed by atoms with Crippen LogP contribution in [0.15, 0.2) is 60.7 Å². The van der Waals surface area contributed by atoms with Gasteiger partial charge in [0.15, 0.2) is 0 Å². The lowest BCUT2D eigenvalue weighted by Gasteiger charge is -2.16. The van der Waals surface area contributed by atoms with E-state index < -0.39 is 12.1 Å². The number of β-amino-alcohol motifs (C(OH)–C–C–N with tert-alkyl or cyclic N) is 1. The lowest BCUT2D eigenvalue weighted by atomic mass is 9.95. The van der Waals surface area contributed by atoms with Crippen molar-refractivity contribution in [3.63, 3.8) is 0 Å². The van der Waals surface area contributed by atoms with E-state index in [0.29, 0.717) is 13.2 Å². The quantitative estimate of drug-likeness (QED) is 0.690. The Morgan fingerprint density at radius 2 is 1.72 bits per heavy atom. The number of rotatable bonds is 6. The van der Waals surface area contributed by atoms with Crippen molar-refractivity contribution in [1.29, 1.82) is 0 Å². The highest BCUT2D eigenvalue weighted by Gasteiger charge is 2.70. The molecular weight excluding hydrogens is 370 g/mol. The molecule has 6 nitrogen and oxygen atoms in total. The smallest absolute Gasteiger partial charge is 0.300 e. The third-order valence-electron chi connectivity index (χ3n) is 5.89. The van der Waals surface area contributed by atoms with Crippen molar-refractivity contribution in [2.45, 2.75) is 18.9 Å². The number of para-hydroxylation sites is 1. The number of ether oxygens (including phenoxy) is 1. The van der Waals surface area contributed by atoms with E-state index in [2.05, 4.69) is 17.0 Å². The topological polar surface area (TPSA) is 90.2 Å². The van der Waals surface area contributed by atoms with Crippen LogP contribution in [-0.2, 0) is 4.79 Å². The summed E-state index contributed by atoms with van der Waals surface area (Å²) >= 11 is 0. The van der Waals surface area contributed by atoms with E-state index >= 15 is 0 Å². The van der Waals surface area contributed by atoms with E-state index in [0.717, 1.165) is 25.8 Å². The fourth-order valence-electron chi connectivity index (χ4n) is 4.64. The Kier molecular flexibility index (Phi) is 6.90. The molecule has 2 aromatic rings. The number of hydrogen-bond donors (Lipinski definition) is 3. The molecule has 1 heterocycles. The molecule has 0 amide bonds. The molecule has 3 N–H and O–H groups in total. The van der Waals surface area contributed by atoms with Crippen molar-refractivity contribution >= 4 is 5.97 Å². The number of benzene rings is 2. The summed E-state index contributed by atoms with van der Waals surface area (Å²) in [5, 5.41) is 28.0. The zero-order valence-electron chi connectivity index (χ0n) is 16.6. The Morgan fingerprint density at radius 1 is 1.14 bits per heavy atom. The third-order valence-corrected chi connectivity index (χ3v) is 5.89. The molecule has 4 atom stereocenters. The second kappa shape index (κ2) is 9.39. The van der Waals surface area contributed by atoms with Gasteiger partial charge in [-0.1, -0.05) is 48.5 Å². The molecule has 1 saturated heterocycles. The summed E-state index contributed by atoms with van der Waals surface area (Å²) < 4.78 is 5.78. The minimum absolute atomic E-state index is 0.130. The van der Waals surface area contributed by atoms with E-state index in [1.807, 2.05) is 48.5 Å². The number of carboxylic acid groups (broad SMARTS) is 1. The molecule has 29 heavy (non-hydrogen) atoms. The van der Waals surface area contributed by atoms with Crippen LogP contribution in [0.3, 0.4) is 0 Å². The van der Waals surface area contributed by atoms with Crippen molar-refractivity contribution in [1.82, 2.24) is 4.90 Å². The monoisotopic (exact) mass is 399 g/mol. The fraction of sp³-hybridized carbons (Fsp3) is 0.435. The van der Waals surface area contributed by atoms with Crippen molar-refractivity contribution < 1.29 is 24.9 Å². The summed E-state index contributed by atoms with van der Waals surface area (Å²) in [6.45, 7) is 4.07. The molecule has 0 bridgehead atoms. The number of carbonyl (C=O) groups is 1. The van der Waals surface area contributed by atoms with Gasteiger partial charge in [-0.15, -0.1) is 0 Å². The van der Waals surface area contributed by atoms with Crippen LogP contribution in [0.4, 0.5) is 0 Å². The fourth-order valence-corrected chi connectivity index (χ4v) is 4.64. The average Bonchev–Trinajstić information content (AvgIpc) is 3.25. The van der Waals surface area contributed by atoms with Gasteiger partial charge in [-0.3, -0.25) is 9.69 Å². The van der Waals surface area contributed by atoms with Gasteiger partial charge in [-0.05, 0) is 29.5 Å². The van der Waals surface area contributed by atoms with Gasteiger partial charge in [0.05, 0.1) is 6.10 Å². The van der Waals surface area contributed by atoms with Crippen molar-refractivity contribution in [2.24, 2.45) is 11.3 Å². The molecule has 1 saturated carbocycles. The van der Waals surface area contributed by atoms with Gasteiger partial charge in [-0.2, -0.15) is 0 Å². The molecule has 2 aromatic carbocycles. The first-order chi connectivity index (χ1) is 14.0. The maximum Gasteiger partial charge on any atom is 0.300 e. The van der Waals surface area contributed by atoms with Crippen LogP contribution in [0.5, 0.6) is 5.75 Å². The van der Waals surface area contributed by atoms with Gasteiger partial charge in [0.2, 0.25) is 0 Å². The molecule has 2 fully saturated rings. The van der Waals surface area contributed by atoms with Gasteiger partial charge in [0, 0.05) is 38.6 Å². The first-order valence-electron chi connectivity index (χ1n) is 9.92. The van der Waals surface area contributed by atoms with Crippen LogP contribution in [0.2, 0.25) is 0 Å². The van der Waals surface area contributed by atoms with Gasteiger partial charge in [0.1, 0.15) is 12.4 Å². The Labute approximate surface area is 171 Å². The maximum absolute atomic E-state index is 10.7. The van der Waals surface area contributed by atoms with Gasteiger partial charge >= 0.3 is 0 Å². The van der Waals surface area contributed by atoms with Crippen LogP contribution in [0, 0.1) is 11.3 Å². The van der Waals surface area contributed by atoms with Crippen LogP contribution >= 0.6 is 0 Å². The van der Waals surface area contributed by atoms with Gasteiger partial charge in [-0.25, -0.2) is 0 Å². The molecule has 0 aromatic heterocycles. The van der Waals surface area contributed by atoms with Crippen LogP contribution in [0.1, 0.15) is 18.4 Å². The SMILES string of the molecule is CC(=O)O.OC[C@@H]1[C@@H](c2ccccc2)[C@]12CN(CCOc1ccccc1)C[C@@H]2O. The zero-order chi connectivity index (χ0) is 20.9. The molecule has 2 aliphatic rings. The van der Waals surface area contributed by atoms with E-state index in [-0.39, 0.29) is 23.9 Å². The number of aliphatic hydroxyl groups is 2. The predicted octanol–water partition coefficient (Wildman–Crippen LogP) is 2.23. The Balaban J connectivity index is 0.000000552. The van der Waals surface area contributed by atoms with E-state index in [1.165, 1.54) is 5.56 Å². The Hall–Kier alpha value is -2.41. The number of hydrogen-bond acceptors (Lipinski definition) is 5. The van der Waals surface area contributed by atoms with E-state index in [9.17, 15) is 10.2 Å². The van der Waals surface area contributed by atoms with Gasteiger partial charge < -0.3 is 20.1 Å². The number of likely N-dealkylation sites (tertiary alicyclic amines) is 1. The molecule has 1 spiro atoms. The van der Waals surface area contributed by atoms with Crippen LogP contribution in [-0.4, -0.2) is 65.1 Å². The number of aliphatic carboxylic acids is 1. The molecular formula is C23H29NO5. The minimum Gasteiger partial charge on any atom is -0.492 e. The standard InChI is InChI=1S/C21H25NO3.C2H4O2/c23-14-18-20(16-7-3-1-4-8-16)21(18)15-22(13-19(21)24)11-12-25-17-9-5-2-6-10-17;1-2(3)4/h1-10,18-20,23-24H,11-15H2;1H3,(H,3,4)/t18-,19+,20-,21-;/m1./s1. The largest absolute Gasteiger partial charge is 0.492 e. The Morgan fingerprint density at radius 3 is 2.31 bits per heavy atom. The normalized spacial score (nSPS) is 27.9. The molecule has 4 rings (SSSR count). The molecule has 1 aliphatic carbocycles. The van der Waals surface area contributed by atoms with Crippen LogP contribution in [0.25, 0.3) is 0 Å². The minimum atomic E-state index is -0.833. The second-order valence-electron chi connectivity index (χ2n) is 7.72. The predicted molar refractivity (Wildman–Crippen MR) is 110 cm³/mol. The highest BCUT2D eigenvalue weighted by Crippen LogP contribution is 2.68. The molecule has 1 aliphatic heterocycles. The van der Waals surface area contributed by atoms with E-state index in [1.54, 1.807) is 0 Å². The molecule has 0 unspecified atom stereocenters. The van der Waals surface area contributed by atoms with E-state index in [4.69, 9.17) is 14.6 Å². The van der Waals surface area contributed by atoms with Crippen molar-refractivity contribution in [2.75, 3.05) is 32.8 Å². The number of carboxylic acids is 1. The molecule has 156 valence electrons. The lowest BCUT2D eigenvalue weighted by molar-refractivity contribution is -0.134. The summed E-state index contributed by atoms with van der Waals surface area (Å²) in [5.41, 5.74) is 1.02. The second-order valence-corrected chi connectivity index (χ2v) is 7.72. The lowest BCUT2D eigenvalue weighted by Crippen LogP contribution is -2.27. The van der Waals surface area contributed by atoms with Crippen molar-refractivity contribution in [3.05, 3.63) is 66.2 Å². The molecule has 0 radical (unpaired) electrons. The maximum atomic E-state index is 10.7. The van der Waals surface area contributed by atoms with Crippen LogP contribution < -0.4 is 4.74 Å². The Bertz CT molecular complexity index is 780. The summed E-state index contributed by atoms with van der Waals surface area (Å²) in [6.07, 6.45) is -0.397. The van der Waals surface area contributed by atoms with Crippen molar-refractivity contribution in [3.8, 4) is 5.75 Å². The first-order valence-corrected chi connectivity index (χ1v) is 9.92. The summed E-state index contributed by atoms with van der Waals surface area (Å²) in [7, 11) is 0. The summed E-state index contributed by atoms with van der Waals surface area (Å²) in [5.74, 6) is 0.428. The summed E-state index contributed by atoms with van der Waals surface area (Å²) in [6, 6.07) is 20.1. The number of aliphatic hydroxyl groups excluding tert-OH is 2. The summed E-state index contributed by atoms with van der Waals surface area (Å²) in [4.78, 5) is 11.3. The first kappa shape index (κ1) is 21.3. The van der Waals surface area contributed by atoms with Gasteiger partial charge in [0.25, 0.3) is 5.97 Å². The highest BCUT2D eigenvalue weighted by molar-refractivity contribution is 5.62. The molecule has 6 heteroatoms. The average molecular weight is 399 g/mol. The zero-order valence-corrected chi connectivity index (χ0v) is 16.6.